The van der Waals surface area contributed by atoms with Crippen LogP contribution in [0, 0.1) is 0 Å². The van der Waals surface area contributed by atoms with Crippen molar-refractivity contribution >= 4 is 19.8 Å². The zero-order chi connectivity index (χ0) is 50.2. The van der Waals surface area contributed by atoms with Crippen molar-refractivity contribution in [2.24, 2.45) is 5.73 Å². The molecule has 0 radical (unpaired) electrons. The summed E-state index contributed by atoms with van der Waals surface area (Å²) in [5.41, 5.74) is 5.37. The van der Waals surface area contributed by atoms with Gasteiger partial charge >= 0.3 is 19.8 Å². The van der Waals surface area contributed by atoms with E-state index in [1.165, 1.54) is 77.0 Å². The molecule has 0 heterocycles. The van der Waals surface area contributed by atoms with Gasteiger partial charge in [-0.05, 0) is 103 Å². The third-order valence-electron chi connectivity index (χ3n) is 10.8. The largest absolute Gasteiger partial charge is 0.472 e. The highest BCUT2D eigenvalue weighted by Gasteiger charge is 2.26. The van der Waals surface area contributed by atoms with Crippen LogP contribution in [0.4, 0.5) is 0 Å². The van der Waals surface area contributed by atoms with Crippen molar-refractivity contribution in [2.75, 3.05) is 26.4 Å². The normalized spacial score (nSPS) is 14.1. The first-order chi connectivity index (χ1) is 33.8. The van der Waals surface area contributed by atoms with E-state index in [4.69, 9.17) is 24.3 Å². The second kappa shape index (κ2) is 53.8. The quantitative estimate of drug-likeness (QED) is 0.0264. The van der Waals surface area contributed by atoms with Gasteiger partial charge in [0, 0.05) is 19.4 Å². The van der Waals surface area contributed by atoms with Crippen LogP contribution in [0.5, 0.6) is 0 Å². The lowest BCUT2D eigenvalue weighted by Crippen LogP contribution is -2.29. The Hall–Kier alpha value is -3.59. The molecule has 2 atom stereocenters. The second-order valence-corrected chi connectivity index (χ2v) is 18.8. The number of esters is 2. The molecular weight excluding hydrogens is 882 g/mol. The third kappa shape index (κ3) is 53.6. The van der Waals surface area contributed by atoms with Gasteiger partial charge in [-0.25, -0.2) is 4.57 Å². The Labute approximate surface area is 421 Å². The Morgan fingerprint density at radius 1 is 0.449 bits per heavy atom. The van der Waals surface area contributed by atoms with E-state index in [9.17, 15) is 19.0 Å². The van der Waals surface area contributed by atoms with Crippen LogP contribution >= 0.6 is 7.82 Å². The number of unbranched alkanes of at least 4 members (excludes halogenated alkanes) is 16. The number of carbonyl (C=O) groups is 2. The summed E-state index contributed by atoms with van der Waals surface area (Å²) in [6, 6.07) is 0. The van der Waals surface area contributed by atoms with Crippen LogP contribution in [-0.2, 0) is 32.7 Å². The van der Waals surface area contributed by atoms with Crippen molar-refractivity contribution in [2.45, 2.75) is 213 Å². The first-order valence-electron chi connectivity index (χ1n) is 27.0. The van der Waals surface area contributed by atoms with Gasteiger partial charge in [-0.3, -0.25) is 18.6 Å². The van der Waals surface area contributed by atoms with E-state index in [1.807, 2.05) is 6.08 Å². The minimum Gasteiger partial charge on any atom is -0.462 e. The fraction of sp³-hybridized carbons (Fsp3) is 0.627. The van der Waals surface area contributed by atoms with Gasteiger partial charge in [0.2, 0.25) is 0 Å². The standard InChI is InChI=1S/C59H98NO8P/c1-3-5-7-9-11-13-15-17-19-21-23-25-27-28-30-31-33-35-37-39-41-43-45-47-49-51-58(61)65-55-57(56-67-69(63,64)66-54-53-60)68-59(62)52-50-48-46-44-42-40-38-36-34-32-29-26-24-22-20-18-16-14-12-10-8-6-4-2/h6,8,12,14-15,17-18,20-21,23-24,26-28,32,34,38,40,44,46,57H,3-5,7,9-11,13,16,19,22,25,29-31,33,35-37,39,41-43,45,47-56,60H2,1-2H3,(H,63,64)/b8-6-,14-12-,17-15-,20-18-,23-21-,26-24-,28-27-,34-32-,40-38-,46-44-. The first-order valence-corrected chi connectivity index (χ1v) is 28.5. The van der Waals surface area contributed by atoms with E-state index >= 15 is 0 Å². The number of hydrogen-bond acceptors (Lipinski definition) is 8. The lowest BCUT2D eigenvalue weighted by atomic mass is 10.1. The maximum atomic E-state index is 12.6. The zero-order valence-corrected chi connectivity index (χ0v) is 44.4. The molecule has 0 aromatic carbocycles. The summed E-state index contributed by atoms with van der Waals surface area (Å²) in [4.78, 5) is 35.1. The molecule has 0 aliphatic heterocycles. The molecule has 0 spiro atoms. The molecule has 0 aromatic rings. The molecule has 0 bridgehead atoms. The van der Waals surface area contributed by atoms with E-state index < -0.39 is 32.5 Å². The maximum Gasteiger partial charge on any atom is 0.472 e. The summed E-state index contributed by atoms with van der Waals surface area (Å²) >= 11 is 0. The number of phosphoric acid groups is 1. The van der Waals surface area contributed by atoms with Gasteiger partial charge in [-0.15, -0.1) is 0 Å². The van der Waals surface area contributed by atoms with Gasteiger partial charge in [-0.1, -0.05) is 212 Å². The van der Waals surface area contributed by atoms with Crippen LogP contribution in [0.2, 0.25) is 0 Å². The highest BCUT2D eigenvalue weighted by Crippen LogP contribution is 2.43. The second-order valence-electron chi connectivity index (χ2n) is 17.4. The van der Waals surface area contributed by atoms with Crippen molar-refractivity contribution in [3.63, 3.8) is 0 Å². The summed E-state index contributed by atoms with van der Waals surface area (Å²) in [6.07, 6.45) is 73.9. The van der Waals surface area contributed by atoms with E-state index in [0.717, 1.165) is 83.5 Å². The van der Waals surface area contributed by atoms with E-state index in [0.29, 0.717) is 19.3 Å². The van der Waals surface area contributed by atoms with Crippen LogP contribution in [-0.4, -0.2) is 49.3 Å². The zero-order valence-electron chi connectivity index (χ0n) is 43.5. The topological polar surface area (TPSA) is 134 Å². The highest BCUT2D eigenvalue weighted by molar-refractivity contribution is 7.47. The molecule has 69 heavy (non-hydrogen) atoms. The number of phosphoric ester groups is 1. The average molecular weight is 980 g/mol. The molecule has 2 unspecified atom stereocenters. The van der Waals surface area contributed by atoms with Crippen molar-refractivity contribution in [1.82, 2.24) is 0 Å². The Morgan fingerprint density at radius 3 is 1.23 bits per heavy atom. The Morgan fingerprint density at radius 2 is 0.812 bits per heavy atom. The molecule has 0 fully saturated rings. The predicted octanol–water partition coefficient (Wildman–Crippen LogP) is 16.8. The van der Waals surface area contributed by atoms with Crippen molar-refractivity contribution in [3.8, 4) is 0 Å². The molecule has 0 aliphatic carbocycles. The summed E-state index contributed by atoms with van der Waals surface area (Å²) in [7, 11) is -4.41. The molecule has 0 aliphatic rings. The minimum atomic E-state index is -4.41. The van der Waals surface area contributed by atoms with E-state index in [1.54, 1.807) is 0 Å². The Bertz CT molecular complexity index is 1540. The van der Waals surface area contributed by atoms with Crippen LogP contribution in [0.3, 0.4) is 0 Å². The van der Waals surface area contributed by atoms with Gasteiger partial charge < -0.3 is 20.1 Å². The molecule has 10 heteroatoms. The maximum absolute atomic E-state index is 12.6. The molecule has 0 amide bonds. The van der Waals surface area contributed by atoms with Gasteiger partial charge in [0.25, 0.3) is 0 Å². The van der Waals surface area contributed by atoms with Crippen LogP contribution < -0.4 is 5.73 Å². The van der Waals surface area contributed by atoms with Crippen molar-refractivity contribution < 1.29 is 37.6 Å². The fourth-order valence-electron chi connectivity index (χ4n) is 6.87. The minimum absolute atomic E-state index is 0.0367. The van der Waals surface area contributed by atoms with Gasteiger partial charge in [0.1, 0.15) is 6.61 Å². The summed E-state index contributed by atoms with van der Waals surface area (Å²) in [6.45, 7) is 3.53. The van der Waals surface area contributed by atoms with Crippen molar-refractivity contribution in [1.29, 1.82) is 0 Å². The van der Waals surface area contributed by atoms with Crippen LogP contribution in [0.1, 0.15) is 206 Å². The molecule has 392 valence electrons. The Balaban J connectivity index is 4.16. The third-order valence-corrected chi connectivity index (χ3v) is 11.8. The van der Waals surface area contributed by atoms with E-state index in [-0.39, 0.29) is 32.6 Å². The average Bonchev–Trinajstić information content (AvgIpc) is 3.34. The van der Waals surface area contributed by atoms with Gasteiger partial charge in [0.15, 0.2) is 6.10 Å². The summed E-state index contributed by atoms with van der Waals surface area (Å²) in [5, 5.41) is 0. The predicted molar refractivity (Wildman–Crippen MR) is 293 cm³/mol. The van der Waals surface area contributed by atoms with Crippen molar-refractivity contribution in [3.05, 3.63) is 122 Å². The number of allylic oxidation sites excluding steroid dienone is 20. The van der Waals surface area contributed by atoms with Gasteiger partial charge in [-0.2, -0.15) is 0 Å². The molecule has 0 rings (SSSR count). The lowest BCUT2D eigenvalue weighted by Gasteiger charge is -2.19. The summed E-state index contributed by atoms with van der Waals surface area (Å²) < 4.78 is 32.9. The smallest absolute Gasteiger partial charge is 0.462 e. The number of hydrogen-bond donors (Lipinski definition) is 2. The number of carbonyl (C=O) groups excluding carboxylic acids is 2. The molecule has 0 saturated heterocycles. The first kappa shape index (κ1) is 65.4. The van der Waals surface area contributed by atoms with Crippen LogP contribution in [0.25, 0.3) is 0 Å². The number of nitrogens with two attached hydrogens (primary N) is 1. The highest BCUT2D eigenvalue weighted by atomic mass is 31.2. The molecule has 0 aromatic heterocycles. The number of rotatable bonds is 49. The molecular formula is C59H98NO8P. The van der Waals surface area contributed by atoms with E-state index in [2.05, 4.69) is 129 Å². The molecule has 0 saturated carbocycles. The lowest BCUT2D eigenvalue weighted by molar-refractivity contribution is -0.161. The number of ether oxygens (including phenoxy) is 2. The molecule has 3 N–H and O–H groups in total. The van der Waals surface area contributed by atoms with Gasteiger partial charge in [0.05, 0.1) is 13.2 Å². The fourth-order valence-corrected chi connectivity index (χ4v) is 7.63. The summed E-state index contributed by atoms with van der Waals surface area (Å²) in [5.74, 6) is -0.910. The SMILES string of the molecule is CC/C=C\C/C=C\C/C=C\C/C=C\C/C=C\C/C=C\C/C=C\CCCC(=O)OC(COC(=O)CCCCCCCCCCCC/C=C\C/C=C\C/C=C\CCCCCCC)COP(=O)(O)OCCN. The van der Waals surface area contributed by atoms with Crippen LogP contribution in [0.15, 0.2) is 122 Å². The molecule has 9 nitrogen and oxygen atoms in total. The monoisotopic (exact) mass is 980 g/mol. The Kier molecular flexibility index (Phi) is 51.0.